The molecule has 0 heterocycles. The first kappa shape index (κ1) is 23.8. The van der Waals surface area contributed by atoms with Crippen LogP contribution in [0.1, 0.15) is 61.8 Å². The number of rotatable bonds is 12. The summed E-state index contributed by atoms with van der Waals surface area (Å²) in [5.41, 5.74) is 0.953. The van der Waals surface area contributed by atoms with Gasteiger partial charge in [-0.3, -0.25) is 14.4 Å². The predicted octanol–water partition coefficient (Wildman–Crippen LogP) is 3.27. The fraction of sp³-hybridized carbons (Fsp3) is 0.571. The lowest BCUT2D eigenvalue weighted by Crippen LogP contribution is -2.24. The number of benzene rings is 1. The van der Waals surface area contributed by atoms with Crippen molar-refractivity contribution in [1.29, 1.82) is 0 Å². The Morgan fingerprint density at radius 2 is 1.57 bits per heavy atom. The number of hydrogen-bond acceptors (Lipinski definition) is 7. The Morgan fingerprint density at radius 3 is 2.14 bits per heavy atom. The van der Waals surface area contributed by atoms with Crippen molar-refractivity contribution in [2.45, 2.75) is 46.6 Å². The fourth-order valence-corrected chi connectivity index (χ4v) is 2.50. The minimum atomic E-state index is -0.487. The van der Waals surface area contributed by atoms with Gasteiger partial charge in [0, 0.05) is 17.8 Å². The van der Waals surface area contributed by atoms with E-state index >= 15 is 0 Å². The Labute approximate surface area is 166 Å². The van der Waals surface area contributed by atoms with Crippen LogP contribution in [0, 0.1) is 0 Å². The van der Waals surface area contributed by atoms with E-state index in [9.17, 15) is 14.4 Å². The summed E-state index contributed by atoms with van der Waals surface area (Å²) in [4.78, 5) is 35.1. The summed E-state index contributed by atoms with van der Waals surface area (Å²) < 4.78 is 16.0. The van der Waals surface area contributed by atoms with E-state index in [1.54, 1.807) is 18.2 Å². The molecule has 1 aromatic carbocycles. The van der Waals surface area contributed by atoms with Gasteiger partial charge in [-0.1, -0.05) is 12.1 Å². The first-order chi connectivity index (χ1) is 13.1. The topological polar surface area (TPSA) is 90.9 Å². The van der Waals surface area contributed by atoms with Gasteiger partial charge < -0.3 is 19.5 Å². The van der Waals surface area contributed by atoms with Crippen molar-refractivity contribution in [1.82, 2.24) is 0 Å². The lowest BCUT2D eigenvalue weighted by molar-refractivity contribution is -0.156. The average molecular weight is 393 g/mol. The van der Waals surface area contributed by atoms with Gasteiger partial charge in [-0.15, -0.1) is 0 Å². The van der Waals surface area contributed by atoms with Crippen molar-refractivity contribution in [2.75, 3.05) is 38.3 Å². The second-order valence-corrected chi connectivity index (χ2v) is 7.33. The average Bonchev–Trinajstić information content (AvgIpc) is 2.58. The van der Waals surface area contributed by atoms with Crippen LogP contribution in [0.4, 0.5) is 5.69 Å². The quantitative estimate of drug-likeness (QED) is 0.331. The summed E-state index contributed by atoms with van der Waals surface area (Å²) in [6.07, 6.45) is 0.207. The van der Waals surface area contributed by atoms with Gasteiger partial charge in [0.05, 0.1) is 38.4 Å². The molecule has 1 N–H and O–H groups in total. The molecule has 1 aromatic rings. The van der Waals surface area contributed by atoms with Gasteiger partial charge >= 0.3 is 5.97 Å². The second-order valence-electron chi connectivity index (χ2n) is 7.33. The van der Waals surface area contributed by atoms with Crippen LogP contribution in [0.25, 0.3) is 0 Å². The number of nitrogens with one attached hydrogen (secondary N) is 1. The molecule has 0 amide bonds. The highest BCUT2D eigenvalue weighted by Gasteiger charge is 2.16. The van der Waals surface area contributed by atoms with Gasteiger partial charge in [0.1, 0.15) is 5.60 Å². The van der Waals surface area contributed by atoms with Gasteiger partial charge in [0.15, 0.2) is 11.6 Å². The predicted molar refractivity (Wildman–Crippen MR) is 107 cm³/mol. The maximum absolute atomic E-state index is 11.9. The first-order valence-corrected chi connectivity index (χ1v) is 9.38. The number of ketones is 2. The van der Waals surface area contributed by atoms with Crippen LogP contribution in [0.5, 0.6) is 0 Å². The van der Waals surface area contributed by atoms with E-state index in [-0.39, 0.29) is 30.6 Å². The molecule has 0 aliphatic rings. The minimum Gasteiger partial charge on any atom is -0.460 e. The molecule has 0 aromatic heterocycles. The zero-order valence-electron chi connectivity index (χ0n) is 17.4. The molecule has 0 saturated carbocycles. The van der Waals surface area contributed by atoms with E-state index in [4.69, 9.17) is 14.2 Å². The van der Waals surface area contributed by atoms with Crippen LogP contribution in [0.3, 0.4) is 0 Å². The number of esters is 1. The number of carbonyl (C=O) groups excluding carboxylic acids is 3. The third kappa shape index (κ3) is 9.10. The molecule has 0 spiro atoms. The summed E-state index contributed by atoms with van der Waals surface area (Å²) in [6.45, 7) is 10.3. The zero-order chi connectivity index (χ0) is 21.2. The molecule has 7 heteroatoms. The van der Waals surface area contributed by atoms with Gasteiger partial charge in [-0.2, -0.15) is 0 Å². The minimum absolute atomic E-state index is 0.145. The number of anilines is 1. The van der Waals surface area contributed by atoms with Crippen LogP contribution in [0.15, 0.2) is 18.2 Å². The van der Waals surface area contributed by atoms with Gasteiger partial charge in [-0.25, -0.2) is 0 Å². The fourth-order valence-electron chi connectivity index (χ4n) is 2.50. The summed E-state index contributed by atoms with van der Waals surface area (Å²) in [5.74, 6) is -0.590. The van der Waals surface area contributed by atoms with Crippen molar-refractivity contribution in [3.8, 4) is 0 Å². The van der Waals surface area contributed by atoms with E-state index in [0.717, 1.165) is 0 Å². The molecule has 0 radical (unpaired) electrons. The van der Waals surface area contributed by atoms with Crippen molar-refractivity contribution in [3.63, 3.8) is 0 Å². The van der Waals surface area contributed by atoms with E-state index in [1.165, 1.54) is 13.8 Å². The molecule has 28 heavy (non-hydrogen) atoms. The maximum Gasteiger partial charge on any atom is 0.308 e. The number of hydrogen-bond donors (Lipinski definition) is 1. The number of carbonyl (C=O) groups is 3. The third-order valence-electron chi connectivity index (χ3n) is 3.60. The third-order valence-corrected chi connectivity index (χ3v) is 3.60. The maximum atomic E-state index is 11.9. The summed E-state index contributed by atoms with van der Waals surface area (Å²) in [7, 11) is 0. The lowest BCUT2D eigenvalue weighted by atomic mass is 9.99. The monoisotopic (exact) mass is 393 g/mol. The zero-order valence-corrected chi connectivity index (χ0v) is 17.4. The van der Waals surface area contributed by atoms with E-state index in [0.29, 0.717) is 43.2 Å². The summed E-state index contributed by atoms with van der Waals surface area (Å²) in [5, 5.41) is 3.13. The normalized spacial score (nSPS) is 11.2. The molecule has 0 fully saturated rings. The Balaban J connectivity index is 2.24. The van der Waals surface area contributed by atoms with Crippen LogP contribution >= 0.6 is 0 Å². The van der Waals surface area contributed by atoms with Gasteiger partial charge in [0.25, 0.3) is 0 Å². The molecule has 0 atom stereocenters. The molecule has 0 aliphatic carbocycles. The molecule has 1 rings (SSSR count). The van der Waals surface area contributed by atoms with Crippen molar-refractivity contribution >= 4 is 23.2 Å². The molecule has 156 valence electrons. The van der Waals surface area contributed by atoms with Crippen LogP contribution in [-0.2, 0) is 19.0 Å². The number of Topliss-reactive ketones (excluding diaryl/α,β-unsaturated/α-hetero) is 2. The molecule has 0 unspecified atom stereocenters. The van der Waals surface area contributed by atoms with E-state index < -0.39 is 5.60 Å². The molecule has 7 nitrogen and oxygen atoms in total. The summed E-state index contributed by atoms with van der Waals surface area (Å²) >= 11 is 0. The molecule has 0 bridgehead atoms. The molecule has 0 aliphatic heterocycles. The highest BCUT2D eigenvalue weighted by molar-refractivity contribution is 6.10. The van der Waals surface area contributed by atoms with E-state index in [1.807, 2.05) is 20.8 Å². The lowest BCUT2D eigenvalue weighted by Gasteiger charge is -2.19. The molecular formula is C21H31NO6. The number of ether oxygens (including phenoxy) is 3. The highest BCUT2D eigenvalue weighted by Crippen LogP contribution is 2.21. The van der Waals surface area contributed by atoms with E-state index in [2.05, 4.69) is 5.32 Å². The SMILES string of the molecule is CC(=O)c1cccc(NCCOCCOCCC(=O)OC(C)(C)C)c1C(C)=O. The van der Waals surface area contributed by atoms with Crippen LogP contribution < -0.4 is 5.32 Å². The smallest absolute Gasteiger partial charge is 0.308 e. The largest absolute Gasteiger partial charge is 0.460 e. The highest BCUT2D eigenvalue weighted by atomic mass is 16.6. The van der Waals surface area contributed by atoms with Gasteiger partial charge in [0.2, 0.25) is 0 Å². The summed E-state index contributed by atoms with van der Waals surface area (Å²) in [6, 6.07) is 5.16. The Kier molecular flexibility index (Phi) is 9.82. The molecule has 0 saturated heterocycles. The molecular weight excluding hydrogens is 362 g/mol. The second kappa shape index (κ2) is 11.6. The Hall–Kier alpha value is -2.25. The van der Waals surface area contributed by atoms with Crippen LogP contribution in [0.2, 0.25) is 0 Å². The van der Waals surface area contributed by atoms with Gasteiger partial charge in [-0.05, 0) is 40.7 Å². The Bertz CT molecular complexity index is 678. The van der Waals surface area contributed by atoms with Crippen molar-refractivity contribution in [3.05, 3.63) is 29.3 Å². The van der Waals surface area contributed by atoms with Crippen molar-refractivity contribution in [2.24, 2.45) is 0 Å². The van der Waals surface area contributed by atoms with Crippen molar-refractivity contribution < 1.29 is 28.6 Å². The van der Waals surface area contributed by atoms with Crippen LogP contribution in [-0.4, -0.2) is 56.1 Å². The Morgan fingerprint density at radius 1 is 0.929 bits per heavy atom. The first-order valence-electron chi connectivity index (χ1n) is 9.38. The standard InChI is InChI=1S/C21H31NO6/c1-15(23)17-7-6-8-18(20(17)16(2)24)22-10-12-27-14-13-26-11-9-19(25)28-21(3,4)5/h6-8,22H,9-14H2,1-5H3.